The van der Waals surface area contributed by atoms with Gasteiger partial charge in [0.15, 0.2) is 0 Å². The molecule has 2 aromatic rings. The molecule has 2 aromatic carbocycles. The standard InChI is InChI=1S/C19H22N2O3/c1-14(21(23)18(20)22)19(11-12-19)16-9-5-6-10-17(16)24-13-15-7-3-2-4-8-15/h2-10,14,23H,11-13H2,1H3,(H2,20,22). The van der Waals surface area contributed by atoms with Gasteiger partial charge in [-0.15, -0.1) is 0 Å². The molecule has 1 aliphatic carbocycles. The van der Waals surface area contributed by atoms with Crippen molar-refractivity contribution >= 4 is 6.03 Å². The van der Waals surface area contributed by atoms with Crippen LogP contribution < -0.4 is 10.5 Å². The third-order valence-electron chi connectivity index (χ3n) is 4.84. The largest absolute Gasteiger partial charge is 0.489 e. The van der Waals surface area contributed by atoms with Crippen LogP contribution in [0.4, 0.5) is 4.79 Å². The molecule has 1 atom stereocenters. The van der Waals surface area contributed by atoms with Gasteiger partial charge in [-0.25, -0.2) is 9.86 Å². The molecular formula is C19H22N2O3. The van der Waals surface area contributed by atoms with E-state index in [1.165, 1.54) is 0 Å². The topological polar surface area (TPSA) is 75.8 Å². The summed E-state index contributed by atoms with van der Waals surface area (Å²) in [5, 5.41) is 10.6. The molecule has 1 saturated carbocycles. The maximum atomic E-state index is 11.3. The third kappa shape index (κ3) is 3.08. The van der Waals surface area contributed by atoms with Crippen molar-refractivity contribution in [1.29, 1.82) is 0 Å². The number of nitrogens with two attached hydrogens (primary N) is 1. The van der Waals surface area contributed by atoms with E-state index in [2.05, 4.69) is 0 Å². The smallest absolute Gasteiger partial charge is 0.338 e. The van der Waals surface area contributed by atoms with Crippen molar-refractivity contribution in [2.24, 2.45) is 5.73 Å². The molecule has 3 N–H and O–H groups in total. The van der Waals surface area contributed by atoms with Gasteiger partial charge in [-0.3, -0.25) is 5.21 Å². The molecule has 3 rings (SSSR count). The summed E-state index contributed by atoms with van der Waals surface area (Å²) in [4.78, 5) is 11.3. The van der Waals surface area contributed by atoms with Gasteiger partial charge < -0.3 is 10.5 Å². The van der Waals surface area contributed by atoms with Gasteiger partial charge in [-0.05, 0) is 31.4 Å². The zero-order valence-corrected chi connectivity index (χ0v) is 13.7. The van der Waals surface area contributed by atoms with Crippen LogP contribution in [0.2, 0.25) is 0 Å². The maximum Gasteiger partial charge on any atom is 0.338 e. The second-order valence-electron chi connectivity index (χ2n) is 6.29. The molecule has 0 radical (unpaired) electrons. The average molecular weight is 326 g/mol. The van der Waals surface area contributed by atoms with E-state index in [1.807, 2.05) is 61.5 Å². The molecule has 5 heteroatoms. The number of amides is 2. The molecule has 1 fully saturated rings. The summed E-state index contributed by atoms with van der Waals surface area (Å²) in [6.45, 7) is 2.28. The first-order valence-electron chi connectivity index (χ1n) is 8.08. The predicted octanol–water partition coefficient (Wildman–Crippen LogP) is 3.46. The number of hydrogen-bond acceptors (Lipinski definition) is 3. The number of benzene rings is 2. The van der Waals surface area contributed by atoms with Crippen molar-refractivity contribution in [2.45, 2.75) is 37.8 Å². The van der Waals surface area contributed by atoms with Crippen LogP contribution in [0.3, 0.4) is 0 Å². The lowest BCUT2D eigenvalue weighted by atomic mass is 9.88. The summed E-state index contributed by atoms with van der Waals surface area (Å²) in [5.41, 5.74) is 7.01. The highest BCUT2D eigenvalue weighted by Crippen LogP contribution is 2.54. The molecule has 0 saturated heterocycles. The SMILES string of the molecule is CC(N(O)C(N)=O)C1(c2ccccc2OCc2ccccc2)CC1. The highest BCUT2D eigenvalue weighted by Gasteiger charge is 2.53. The summed E-state index contributed by atoms with van der Waals surface area (Å²) >= 11 is 0. The molecule has 24 heavy (non-hydrogen) atoms. The predicted molar refractivity (Wildman–Crippen MR) is 90.8 cm³/mol. The molecule has 1 unspecified atom stereocenters. The molecular weight excluding hydrogens is 304 g/mol. The minimum Gasteiger partial charge on any atom is -0.489 e. The van der Waals surface area contributed by atoms with Gasteiger partial charge in [0.1, 0.15) is 12.4 Å². The van der Waals surface area contributed by atoms with E-state index >= 15 is 0 Å². The van der Waals surface area contributed by atoms with Crippen LogP contribution in [-0.4, -0.2) is 22.3 Å². The fraction of sp³-hybridized carbons (Fsp3) is 0.316. The minimum absolute atomic E-state index is 0.308. The first-order valence-corrected chi connectivity index (χ1v) is 8.08. The number of hydrogen-bond donors (Lipinski definition) is 2. The van der Waals surface area contributed by atoms with Gasteiger partial charge in [0.05, 0.1) is 6.04 Å². The number of para-hydroxylation sites is 1. The van der Waals surface area contributed by atoms with Gasteiger partial charge in [0.2, 0.25) is 0 Å². The zero-order valence-electron chi connectivity index (χ0n) is 13.7. The summed E-state index contributed by atoms with van der Waals surface area (Å²) in [6, 6.07) is 16.5. The van der Waals surface area contributed by atoms with Gasteiger partial charge in [-0.2, -0.15) is 0 Å². The van der Waals surface area contributed by atoms with Crippen LogP contribution in [0.25, 0.3) is 0 Å². The first kappa shape index (κ1) is 16.3. The number of primary amides is 1. The van der Waals surface area contributed by atoms with E-state index in [4.69, 9.17) is 10.5 Å². The number of hydroxylamine groups is 2. The minimum atomic E-state index is -0.837. The van der Waals surface area contributed by atoms with E-state index in [0.29, 0.717) is 11.7 Å². The number of carbonyl (C=O) groups is 1. The Bertz CT molecular complexity index is 714. The van der Waals surface area contributed by atoms with Crippen molar-refractivity contribution < 1.29 is 14.7 Å². The molecule has 0 heterocycles. The Labute approximate surface area is 141 Å². The van der Waals surface area contributed by atoms with Crippen LogP contribution in [-0.2, 0) is 12.0 Å². The summed E-state index contributed by atoms with van der Waals surface area (Å²) in [5.74, 6) is 0.781. The molecule has 126 valence electrons. The van der Waals surface area contributed by atoms with E-state index in [0.717, 1.165) is 29.7 Å². The Morgan fingerprint density at radius 2 is 1.83 bits per heavy atom. The molecule has 5 nitrogen and oxygen atoms in total. The molecule has 0 spiro atoms. The molecule has 0 aliphatic heterocycles. The second-order valence-corrected chi connectivity index (χ2v) is 6.29. The monoisotopic (exact) mass is 326 g/mol. The summed E-state index contributed by atoms with van der Waals surface area (Å²) in [6.07, 6.45) is 1.76. The van der Waals surface area contributed by atoms with Crippen molar-refractivity contribution in [2.75, 3.05) is 0 Å². The van der Waals surface area contributed by atoms with E-state index < -0.39 is 12.1 Å². The van der Waals surface area contributed by atoms with Crippen molar-refractivity contribution in [3.63, 3.8) is 0 Å². The van der Waals surface area contributed by atoms with E-state index in [-0.39, 0.29) is 5.41 Å². The molecule has 0 bridgehead atoms. The maximum absolute atomic E-state index is 11.3. The summed E-state index contributed by atoms with van der Waals surface area (Å²) in [7, 11) is 0. The van der Waals surface area contributed by atoms with Gasteiger partial charge in [0, 0.05) is 11.0 Å². The third-order valence-corrected chi connectivity index (χ3v) is 4.84. The Hall–Kier alpha value is -2.53. The first-order chi connectivity index (χ1) is 11.5. The number of carbonyl (C=O) groups excluding carboxylic acids is 1. The van der Waals surface area contributed by atoms with Crippen LogP contribution >= 0.6 is 0 Å². The lowest BCUT2D eigenvalue weighted by Gasteiger charge is -2.30. The van der Waals surface area contributed by atoms with Crippen molar-refractivity contribution in [3.8, 4) is 5.75 Å². The fourth-order valence-corrected chi connectivity index (χ4v) is 3.21. The normalized spacial score (nSPS) is 16.2. The van der Waals surface area contributed by atoms with Crippen LogP contribution in [0, 0.1) is 0 Å². The molecule has 1 aliphatic rings. The van der Waals surface area contributed by atoms with Crippen LogP contribution in [0.1, 0.15) is 30.9 Å². The summed E-state index contributed by atoms with van der Waals surface area (Å²) < 4.78 is 6.02. The average Bonchev–Trinajstić information content (AvgIpc) is 3.41. The molecule has 2 amide bonds. The van der Waals surface area contributed by atoms with E-state index in [9.17, 15) is 10.0 Å². The number of urea groups is 1. The highest BCUT2D eigenvalue weighted by atomic mass is 16.5. The molecule has 0 aromatic heterocycles. The zero-order chi connectivity index (χ0) is 17.2. The van der Waals surface area contributed by atoms with Gasteiger partial charge in [-0.1, -0.05) is 48.5 Å². The lowest BCUT2D eigenvalue weighted by Crippen LogP contribution is -2.45. The Kier molecular flexibility index (Phi) is 4.44. The Morgan fingerprint density at radius 1 is 1.21 bits per heavy atom. The lowest BCUT2D eigenvalue weighted by molar-refractivity contribution is -0.0804. The number of nitrogens with zero attached hydrogens (tertiary/aromatic N) is 1. The van der Waals surface area contributed by atoms with Crippen molar-refractivity contribution in [3.05, 3.63) is 65.7 Å². The number of rotatable bonds is 6. The van der Waals surface area contributed by atoms with Gasteiger partial charge in [0.25, 0.3) is 0 Å². The Balaban J connectivity index is 1.83. The fourth-order valence-electron chi connectivity index (χ4n) is 3.21. The van der Waals surface area contributed by atoms with Crippen LogP contribution in [0.15, 0.2) is 54.6 Å². The van der Waals surface area contributed by atoms with Crippen LogP contribution in [0.5, 0.6) is 5.75 Å². The number of ether oxygens (including phenoxy) is 1. The Morgan fingerprint density at radius 3 is 2.46 bits per heavy atom. The van der Waals surface area contributed by atoms with Crippen molar-refractivity contribution in [1.82, 2.24) is 5.06 Å². The van der Waals surface area contributed by atoms with E-state index in [1.54, 1.807) is 0 Å². The highest BCUT2D eigenvalue weighted by molar-refractivity contribution is 5.71. The quantitative estimate of drug-likeness (QED) is 0.630. The second kappa shape index (κ2) is 6.53. The van der Waals surface area contributed by atoms with Gasteiger partial charge >= 0.3 is 6.03 Å².